The molecule has 4 N–H and O–H groups in total. The molecule has 0 bridgehead atoms. The van der Waals surface area contributed by atoms with E-state index in [-0.39, 0.29) is 18.0 Å². The van der Waals surface area contributed by atoms with E-state index in [4.69, 9.17) is 5.11 Å². The number of nitrogens with one attached hydrogen (secondary N) is 3. The largest absolute Gasteiger partial charge is 0.481 e. The minimum absolute atomic E-state index is 0.100. The van der Waals surface area contributed by atoms with E-state index < -0.39 is 11.9 Å². The molecule has 1 aromatic carbocycles. The topological polar surface area (TPSA) is 115 Å². The Bertz CT molecular complexity index is 686. The summed E-state index contributed by atoms with van der Waals surface area (Å²) < 4.78 is 0. The number of hydrogen-bond donors (Lipinski definition) is 4. The predicted molar refractivity (Wildman–Crippen MR) is 69.0 cm³/mol. The molecule has 0 saturated heterocycles. The molecule has 2 aromatic rings. The van der Waals surface area contributed by atoms with Crippen molar-refractivity contribution in [1.29, 1.82) is 0 Å². The number of benzene rings is 1. The molecule has 1 unspecified atom stereocenters. The van der Waals surface area contributed by atoms with Gasteiger partial charge in [0.05, 0.1) is 17.0 Å². The summed E-state index contributed by atoms with van der Waals surface area (Å²) in [6.07, 6.45) is -0.100. The summed E-state index contributed by atoms with van der Waals surface area (Å²) in [7, 11) is 0. The highest BCUT2D eigenvalue weighted by atomic mass is 16.4. The number of aliphatic carboxylic acids is 1. The van der Waals surface area contributed by atoms with E-state index in [9.17, 15) is 14.4 Å². The second kappa shape index (κ2) is 4.97. The van der Waals surface area contributed by atoms with Gasteiger partial charge in [-0.1, -0.05) is 6.92 Å². The van der Waals surface area contributed by atoms with Crippen molar-refractivity contribution in [3.63, 3.8) is 0 Å². The molecular weight excluding hydrogens is 250 g/mol. The van der Waals surface area contributed by atoms with E-state index in [1.54, 1.807) is 18.2 Å². The van der Waals surface area contributed by atoms with Crippen LogP contribution in [0.5, 0.6) is 0 Å². The van der Waals surface area contributed by atoms with E-state index in [0.29, 0.717) is 16.7 Å². The van der Waals surface area contributed by atoms with Gasteiger partial charge in [0.15, 0.2) is 0 Å². The van der Waals surface area contributed by atoms with Crippen molar-refractivity contribution in [3.05, 3.63) is 28.7 Å². The number of fused-ring (bicyclic) bond motifs is 1. The summed E-state index contributed by atoms with van der Waals surface area (Å²) in [5.41, 5.74) is 1.40. The van der Waals surface area contributed by atoms with Crippen LogP contribution in [0.3, 0.4) is 0 Å². The van der Waals surface area contributed by atoms with Gasteiger partial charge in [0.1, 0.15) is 0 Å². The van der Waals surface area contributed by atoms with E-state index in [0.717, 1.165) is 0 Å². The molecule has 1 atom stereocenters. The number of imidazole rings is 1. The number of aromatic nitrogens is 2. The fourth-order valence-electron chi connectivity index (χ4n) is 1.69. The first kappa shape index (κ1) is 12.9. The minimum atomic E-state index is -1.01. The fraction of sp³-hybridized carbons (Fsp3) is 0.250. The number of carboxylic acids is 1. The quantitative estimate of drug-likeness (QED) is 0.656. The van der Waals surface area contributed by atoms with Crippen molar-refractivity contribution < 1.29 is 14.7 Å². The van der Waals surface area contributed by atoms with Gasteiger partial charge in [-0.25, -0.2) is 4.79 Å². The number of anilines is 1. The van der Waals surface area contributed by atoms with Crippen molar-refractivity contribution in [1.82, 2.24) is 9.97 Å². The molecule has 19 heavy (non-hydrogen) atoms. The van der Waals surface area contributed by atoms with Crippen molar-refractivity contribution >= 4 is 28.6 Å². The van der Waals surface area contributed by atoms with Crippen LogP contribution in [0, 0.1) is 5.92 Å². The van der Waals surface area contributed by atoms with E-state index >= 15 is 0 Å². The standard InChI is InChI=1S/C12H13N3O4/c1-6(11(17)18)4-10(16)13-7-2-3-8-9(5-7)15-12(19)14-8/h2-3,5-6H,4H2,1H3,(H,13,16)(H,17,18)(H2,14,15,19). The number of H-pyrrole nitrogens is 2. The molecule has 100 valence electrons. The van der Waals surface area contributed by atoms with E-state index in [1.807, 2.05) is 0 Å². The zero-order valence-electron chi connectivity index (χ0n) is 10.2. The molecule has 0 aliphatic heterocycles. The lowest BCUT2D eigenvalue weighted by molar-refractivity contribution is -0.142. The third kappa shape index (κ3) is 3.01. The number of carbonyl (C=O) groups is 2. The van der Waals surface area contributed by atoms with Gasteiger partial charge in [-0.3, -0.25) is 9.59 Å². The summed E-state index contributed by atoms with van der Waals surface area (Å²) in [5.74, 6) is -2.14. The minimum Gasteiger partial charge on any atom is -0.481 e. The van der Waals surface area contributed by atoms with Gasteiger partial charge >= 0.3 is 11.7 Å². The normalized spacial score (nSPS) is 12.3. The van der Waals surface area contributed by atoms with Crippen LogP contribution >= 0.6 is 0 Å². The zero-order valence-corrected chi connectivity index (χ0v) is 10.2. The number of rotatable bonds is 4. The van der Waals surface area contributed by atoms with Crippen molar-refractivity contribution in [2.75, 3.05) is 5.32 Å². The Hall–Kier alpha value is -2.57. The van der Waals surface area contributed by atoms with Crippen molar-refractivity contribution in [2.45, 2.75) is 13.3 Å². The molecule has 0 saturated carbocycles. The first-order valence-corrected chi connectivity index (χ1v) is 5.70. The predicted octanol–water partition coefficient (Wildman–Crippen LogP) is 0.905. The van der Waals surface area contributed by atoms with Gasteiger partial charge in [0.2, 0.25) is 5.91 Å². The summed E-state index contributed by atoms with van der Waals surface area (Å²) in [5, 5.41) is 11.3. The summed E-state index contributed by atoms with van der Waals surface area (Å²) >= 11 is 0. The third-order valence-electron chi connectivity index (χ3n) is 2.71. The van der Waals surface area contributed by atoms with Crippen LogP contribution < -0.4 is 11.0 Å². The van der Waals surface area contributed by atoms with Crippen molar-refractivity contribution in [2.24, 2.45) is 5.92 Å². The first-order valence-electron chi connectivity index (χ1n) is 5.70. The Morgan fingerprint density at radius 3 is 2.68 bits per heavy atom. The highest BCUT2D eigenvalue weighted by Gasteiger charge is 2.15. The molecule has 0 aliphatic rings. The Morgan fingerprint density at radius 2 is 2.00 bits per heavy atom. The van der Waals surface area contributed by atoms with Crippen LogP contribution in [-0.4, -0.2) is 27.0 Å². The number of hydrogen-bond acceptors (Lipinski definition) is 3. The lowest BCUT2D eigenvalue weighted by atomic mass is 10.1. The first-order chi connectivity index (χ1) is 8.95. The van der Waals surface area contributed by atoms with Crippen LogP contribution in [0.4, 0.5) is 5.69 Å². The Kier molecular flexibility index (Phi) is 3.37. The van der Waals surface area contributed by atoms with E-state index in [2.05, 4.69) is 15.3 Å². The molecule has 7 heteroatoms. The lowest BCUT2D eigenvalue weighted by Gasteiger charge is -2.07. The number of carboxylic acid groups (broad SMARTS) is 1. The zero-order chi connectivity index (χ0) is 14.0. The van der Waals surface area contributed by atoms with Gasteiger partial charge < -0.3 is 20.4 Å². The summed E-state index contributed by atoms with van der Waals surface area (Å²) in [4.78, 5) is 38.5. The molecule has 1 heterocycles. The van der Waals surface area contributed by atoms with Crippen LogP contribution in [0.15, 0.2) is 23.0 Å². The molecular formula is C12H13N3O4. The molecule has 1 aromatic heterocycles. The molecule has 2 rings (SSSR count). The highest BCUT2D eigenvalue weighted by Crippen LogP contribution is 2.15. The Labute approximate surface area is 107 Å². The molecule has 1 amide bonds. The summed E-state index contributed by atoms with van der Waals surface area (Å²) in [6, 6.07) is 4.90. The maximum absolute atomic E-state index is 11.6. The third-order valence-corrected chi connectivity index (χ3v) is 2.71. The van der Waals surface area contributed by atoms with Crippen LogP contribution in [0.2, 0.25) is 0 Å². The Balaban J connectivity index is 2.10. The van der Waals surface area contributed by atoms with E-state index in [1.165, 1.54) is 6.92 Å². The average Bonchev–Trinajstić information content (AvgIpc) is 2.68. The van der Waals surface area contributed by atoms with Crippen LogP contribution in [-0.2, 0) is 9.59 Å². The number of aromatic amines is 2. The fourth-order valence-corrected chi connectivity index (χ4v) is 1.69. The molecule has 0 aliphatic carbocycles. The monoisotopic (exact) mass is 263 g/mol. The van der Waals surface area contributed by atoms with Gasteiger partial charge in [-0.05, 0) is 18.2 Å². The van der Waals surface area contributed by atoms with Crippen LogP contribution in [0.1, 0.15) is 13.3 Å². The molecule has 0 radical (unpaired) electrons. The maximum atomic E-state index is 11.6. The SMILES string of the molecule is CC(CC(=O)Nc1ccc2[nH]c(=O)[nH]c2c1)C(=O)O. The van der Waals surface area contributed by atoms with Gasteiger partial charge in [-0.2, -0.15) is 0 Å². The smallest absolute Gasteiger partial charge is 0.323 e. The number of amides is 1. The van der Waals surface area contributed by atoms with Gasteiger partial charge in [0.25, 0.3) is 0 Å². The van der Waals surface area contributed by atoms with Crippen LogP contribution in [0.25, 0.3) is 11.0 Å². The molecule has 0 fully saturated rings. The van der Waals surface area contributed by atoms with Gasteiger partial charge in [0, 0.05) is 12.1 Å². The van der Waals surface area contributed by atoms with Gasteiger partial charge in [-0.15, -0.1) is 0 Å². The summed E-state index contributed by atoms with van der Waals surface area (Å²) in [6.45, 7) is 1.47. The highest BCUT2D eigenvalue weighted by molar-refractivity contribution is 5.94. The maximum Gasteiger partial charge on any atom is 0.323 e. The van der Waals surface area contributed by atoms with Crippen molar-refractivity contribution in [3.8, 4) is 0 Å². The molecule has 0 spiro atoms. The average molecular weight is 263 g/mol. The lowest BCUT2D eigenvalue weighted by Crippen LogP contribution is -2.19. The molecule has 7 nitrogen and oxygen atoms in total. The second-order valence-electron chi connectivity index (χ2n) is 4.33. The second-order valence-corrected chi connectivity index (χ2v) is 4.33. The number of carbonyl (C=O) groups excluding carboxylic acids is 1. The Morgan fingerprint density at radius 1 is 1.32 bits per heavy atom.